The molecule has 0 spiro atoms. The molecule has 1 fully saturated rings. The Hall–Kier alpha value is -0.120. The molecule has 0 amide bonds. The van der Waals surface area contributed by atoms with Crippen molar-refractivity contribution in [3.8, 4) is 0 Å². The van der Waals surface area contributed by atoms with Crippen LogP contribution < -0.4 is 5.32 Å². The van der Waals surface area contributed by atoms with Crippen molar-refractivity contribution in [2.24, 2.45) is 17.3 Å². The minimum Gasteiger partial charge on any atom is -0.396 e. The molecule has 0 heterocycles. The molecule has 0 bridgehead atoms. The number of hydrogen-bond donors (Lipinski definition) is 2. The third-order valence-electron chi connectivity index (χ3n) is 5.25. The van der Waals surface area contributed by atoms with Crippen molar-refractivity contribution >= 4 is 0 Å². The zero-order valence-corrected chi connectivity index (χ0v) is 15.0. The Balaban J connectivity index is 2.65. The third-order valence-corrected chi connectivity index (χ3v) is 5.25. The summed E-state index contributed by atoms with van der Waals surface area (Å²) in [5.41, 5.74) is 0.428. The normalized spacial score (nSPS) is 27.3. The molecule has 2 N–H and O–H groups in total. The SMILES string of the molecule is CCNC1CCC(C(C)(C)C)CC1CN(CC)CCCO. The van der Waals surface area contributed by atoms with Gasteiger partial charge in [0.1, 0.15) is 0 Å². The molecule has 0 aromatic rings. The highest BCUT2D eigenvalue weighted by atomic mass is 16.3. The van der Waals surface area contributed by atoms with Crippen LogP contribution in [0, 0.1) is 17.3 Å². The maximum Gasteiger partial charge on any atom is 0.0443 e. The molecule has 0 saturated heterocycles. The van der Waals surface area contributed by atoms with E-state index in [0.29, 0.717) is 18.1 Å². The summed E-state index contributed by atoms with van der Waals surface area (Å²) in [6.07, 6.45) is 4.92. The molecule has 0 aromatic carbocycles. The van der Waals surface area contributed by atoms with Crippen LogP contribution in [0.15, 0.2) is 0 Å². The monoisotopic (exact) mass is 298 g/mol. The fourth-order valence-electron chi connectivity index (χ4n) is 3.79. The Morgan fingerprint density at radius 1 is 1.19 bits per heavy atom. The molecule has 3 atom stereocenters. The molecule has 126 valence electrons. The smallest absolute Gasteiger partial charge is 0.0443 e. The van der Waals surface area contributed by atoms with Gasteiger partial charge in [-0.3, -0.25) is 0 Å². The van der Waals surface area contributed by atoms with Gasteiger partial charge in [0.05, 0.1) is 0 Å². The maximum atomic E-state index is 9.06. The van der Waals surface area contributed by atoms with Crippen LogP contribution in [0.4, 0.5) is 0 Å². The van der Waals surface area contributed by atoms with Crippen molar-refractivity contribution in [3.05, 3.63) is 0 Å². The van der Waals surface area contributed by atoms with Crippen molar-refractivity contribution in [1.29, 1.82) is 0 Å². The summed E-state index contributed by atoms with van der Waals surface area (Å²) < 4.78 is 0. The lowest BCUT2D eigenvalue weighted by Gasteiger charge is -2.43. The molecule has 21 heavy (non-hydrogen) atoms. The predicted molar refractivity (Wildman–Crippen MR) is 91.6 cm³/mol. The Morgan fingerprint density at radius 3 is 2.43 bits per heavy atom. The standard InChI is InChI=1S/C18H38N2O/c1-6-19-17-10-9-16(18(3,4)5)13-15(17)14-20(7-2)11-8-12-21/h15-17,19,21H,6-14H2,1-5H3. The lowest BCUT2D eigenvalue weighted by molar-refractivity contribution is 0.0870. The predicted octanol–water partition coefficient (Wildman–Crippen LogP) is 3.13. The van der Waals surface area contributed by atoms with Gasteiger partial charge in [0.15, 0.2) is 0 Å². The number of hydrogen-bond acceptors (Lipinski definition) is 3. The molecule has 0 aliphatic heterocycles. The number of rotatable bonds is 8. The van der Waals surface area contributed by atoms with Gasteiger partial charge < -0.3 is 15.3 Å². The van der Waals surface area contributed by atoms with Gasteiger partial charge in [-0.15, -0.1) is 0 Å². The molecule has 1 aliphatic carbocycles. The Labute approximate surface area is 132 Å². The summed E-state index contributed by atoms with van der Waals surface area (Å²) >= 11 is 0. The number of nitrogens with one attached hydrogen (secondary N) is 1. The fraction of sp³-hybridized carbons (Fsp3) is 1.00. The molecule has 1 aliphatic rings. The van der Waals surface area contributed by atoms with E-state index >= 15 is 0 Å². The van der Waals surface area contributed by atoms with Gasteiger partial charge >= 0.3 is 0 Å². The van der Waals surface area contributed by atoms with Gasteiger partial charge in [0.2, 0.25) is 0 Å². The highest BCUT2D eigenvalue weighted by Crippen LogP contribution is 2.40. The van der Waals surface area contributed by atoms with E-state index in [0.717, 1.165) is 37.9 Å². The molecule has 0 radical (unpaired) electrons. The van der Waals surface area contributed by atoms with Crippen molar-refractivity contribution in [2.75, 3.05) is 32.8 Å². The zero-order valence-electron chi connectivity index (χ0n) is 15.0. The van der Waals surface area contributed by atoms with Crippen LogP contribution in [0.5, 0.6) is 0 Å². The van der Waals surface area contributed by atoms with Gasteiger partial charge in [-0.05, 0) is 56.0 Å². The van der Waals surface area contributed by atoms with Crippen molar-refractivity contribution < 1.29 is 5.11 Å². The lowest BCUT2D eigenvalue weighted by atomic mass is 9.67. The van der Waals surface area contributed by atoms with Crippen LogP contribution in [0.1, 0.15) is 60.3 Å². The molecule has 3 heteroatoms. The number of nitrogens with zero attached hydrogens (tertiary/aromatic N) is 1. The molecular formula is C18H38N2O. The van der Waals surface area contributed by atoms with Gasteiger partial charge in [-0.2, -0.15) is 0 Å². The number of aliphatic hydroxyl groups excluding tert-OH is 1. The Bertz CT molecular complexity index is 275. The van der Waals surface area contributed by atoms with E-state index in [4.69, 9.17) is 5.11 Å². The minimum atomic E-state index is 0.308. The average Bonchev–Trinajstić information content (AvgIpc) is 2.44. The fourth-order valence-corrected chi connectivity index (χ4v) is 3.79. The van der Waals surface area contributed by atoms with E-state index in [1.54, 1.807) is 0 Å². The summed E-state index contributed by atoms with van der Waals surface area (Å²) in [5, 5.41) is 12.8. The van der Waals surface area contributed by atoms with E-state index in [2.05, 4.69) is 44.8 Å². The molecule has 0 aromatic heterocycles. The third kappa shape index (κ3) is 6.25. The van der Waals surface area contributed by atoms with E-state index < -0.39 is 0 Å². The van der Waals surface area contributed by atoms with E-state index in [1.807, 2.05) is 0 Å². The first-order chi connectivity index (χ1) is 9.92. The van der Waals surface area contributed by atoms with Gasteiger partial charge in [0.25, 0.3) is 0 Å². The lowest BCUT2D eigenvalue weighted by Crippen LogP contribution is -2.47. The van der Waals surface area contributed by atoms with Crippen molar-refractivity contribution in [1.82, 2.24) is 10.2 Å². The van der Waals surface area contributed by atoms with Crippen LogP contribution in [-0.2, 0) is 0 Å². The second-order valence-electron chi connectivity index (χ2n) is 7.77. The number of aliphatic hydroxyl groups is 1. The van der Waals surface area contributed by atoms with Gasteiger partial charge in [-0.1, -0.05) is 34.6 Å². The van der Waals surface area contributed by atoms with Crippen LogP contribution >= 0.6 is 0 Å². The first-order valence-electron chi connectivity index (χ1n) is 8.98. The van der Waals surface area contributed by atoms with Crippen molar-refractivity contribution in [3.63, 3.8) is 0 Å². The second kappa shape index (κ2) is 9.12. The molecule has 1 rings (SSSR count). The summed E-state index contributed by atoms with van der Waals surface area (Å²) in [7, 11) is 0. The van der Waals surface area contributed by atoms with E-state index in [9.17, 15) is 0 Å². The first kappa shape index (κ1) is 18.9. The summed E-state index contributed by atoms with van der Waals surface area (Å²) in [6.45, 7) is 16.3. The van der Waals surface area contributed by atoms with E-state index in [1.165, 1.54) is 25.8 Å². The summed E-state index contributed by atoms with van der Waals surface area (Å²) in [6, 6.07) is 0.678. The average molecular weight is 299 g/mol. The Morgan fingerprint density at radius 2 is 1.90 bits per heavy atom. The quantitative estimate of drug-likeness (QED) is 0.722. The van der Waals surface area contributed by atoms with Gasteiger partial charge in [-0.25, -0.2) is 0 Å². The Kier molecular flexibility index (Phi) is 8.22. The maximum absolute atomic E-state index is 9.06. The molecule has 1 saturated carbocycles. The van der Waals surface area contributed by atoms with Crippen LogP contribution in [0.3, 0.4) is 0 Å². The minimum absolute atomic E-state index is 0.308. The van der Waals surface area contributed by atoms with E-state index in [-0.39, 0.29) is 0 Å². The summed E-state index contributed by atoms with van der Waals surface area (Å²) in [4.78, 5) is 2.52. The van der Waals surface area contributed by atoms with Crippen LogP contribution in [0.25, 0.3) is 0 Å². The molecule has 3 nitrogen and oxygen atoms in total. The summed E-state index contributed by atoms with van der Waals surface area (Å²) in [5.74, 6) is 1.59. The largest absolute Gasteiger partial charge is 0.396 e. The zero-order chi connectivity index (χ0) is 15.9. The first-order valence-corrected chi connectivity index (χ1v) is 8.98. The van der Waals surface area contributed by atoms with Gasteiger partial charge in [0, 0.05) is 25.7 Å². The highest BCUT2D eigenvalue weighted by Gasteiger charge is 2.35. The molecule has 3 unspecified atom stereocenters. The van der Waals surface area contributed by atoms with Crippen LogP contribution in [0.2, 0.25) is 0 Å². The van der Waals surface area contributed by atoms with Crippen molar-refractivity contribution in [2.45, 2.75) is 66.3 Å². The highest BCUT2D eigenvalue weighted by molar-refractivity contribution is 4.90. The second-order valence-corrected chi connectivity index (χ2v) is 7.77. The van der Waals surface area contributed by atoms with Crippen LogP contribution in [-0.4, -0.2) is 48.8 Å². The molecular weight excluding hydrogens is 260 g/mol. The topological polar surface area (TPSA) is 35.5 Å².